The van der Waals surface area contributed by atoms with Gasteiger partial charge in [0.1, 0.15) is 5.82 Å². The zero-order valence-electron chi connectivity index (χ0n) is 15.3. The van der Waals surface area contributed by atoms with Gasteiger partial charge < -0.3 is 4.57 Å². The molecule has 0 spiro atoms. The third kappa shape index (κ3) is 2.12. The van der Waals surface area contributed by atoms with Crippen LogP contribution in [-0.4, -0.2) is 14.8 Å². The van der Waals surface area contributed by atoms with Gasteiger partial charge in [-0.2, -0.15) is 0 Å². The molecule has 4 fully saturated rings. The maximum atomic E-state index is 4.64. The van der Waals surface area contributed by atoms with E-state index < -0.39 is 0 Å². The van der Waals surface area contributed by atoms with Crippen LogP contribution >= 0.6 is 0 Å². The Morgan fingerprint density at radius 2 is 1.50 bits per heavy atom. The number of aryl methyl sites for hydroxylation is 1. The smallest absolute Gasteiger partial charge is 0.164 e. The summed E-state index contributed by atoms with van der Waals surface area (Å²) < 4.78 is 2.51. The van der Waals surface area contributed by atoms with Crippen molar-refractivity contribution in [2.45, 2.75) is 45.1 Å². The Bertz CT molecular complexity index is 958. The van der Waals surface area contributed by atoms with Crippen molar-refractivity contribution < 1.29 is 0 Å². The first-order valence-electron chi connectivity index (χ1n) is 10.2. The third-order valence-electron chi connectivity index (χ3n) is 7.35. The van der Waals surface area contributed by atoms with Crippen molar-refractivity contribution in [2.24, 2.45) is 23.7 Å². The molecule has 0 unspecified atom stereocenters. The number of benzene rings is 2. The van der Waals surface area contributed by atoms with Gasteiger partial charge in [-0.15, -0.1) is 10.2 Å². The summed E-state index contributed by atoms with van der Waals surface area (Å²) in [7, 11) is 0. The lowest BCUT2D eigenvalue weighted by Gasteiger charge is -2.55. The molecule has 1 heterocycles. The second-order valence-corrected chi connectivity index (χ2v) is 8.92. The van der Waals surface area contributed by atoms with Crippen molar-refractivity contribution in [3.05, 3.63) is 48.3 Å². The summed E-state index contributed by atoms with van der Waals surface area (Å²) in [6.07, 6.45) is 7.19. The lowest BCUT2D eigenvalue weighted by Crippen LogP contribution is -2.46. The highest BCUT2D eigenvalue weighted by Gasteiger charge is 2.49. The molecule has 132 valence electrons. The van der Waals surface area contributed by atoms with Crippen LogP contribution in [0.2, 0.25) is 0 Å². The summed E-state index contributed by atoms with van der Waals surface area (Å²) in [6, 6.07) is 15.9. The highest BCUT2D eigenvalue weighted by atomic mass is 15.3. The van der Waals surface area contributed by atoms with Gasteiger partial charge >= 0.3 is 0 Å². The van der Waals surface area contributed by atoms with Crippen LogP contribution in [0.5, 0.6) is 0 Å². The summed E-state index contributed by atoms with van der Waals surface area (Å²) >= 11 is 0. The summed E-state index contributed by atoms with van der Waals surface area (Å²) in [4.78, 5) is 0. The highest BCUT2D eigenvalue weighted by Crippen LogP contribution is 2.58. The van der Waals surface area contributed by atoms with Gasteiger partial charge in [0.25, 0.3) is 0 Å². The average Bonchev–Trinajstić information content (AvgIpc) is 3.02. The Morgan fingerprint density at radius 3 is 2.23 bits per heavy atom. The molecular weight excluding hydrogens is 318 g/mol. The molecule has 1 aromatic heterocycles. The zero-order valence-corrected chi connectivity index (χ0v) is 15.3. The van der Waals surface area contributed by atoms with Gasteiger partial charge in [0.05, 0.1) is 0 Å². The molecule has 2 aromatic carbocycles. The summed E-state index contributed by atoms with van der Waals surface area (Å²) in [5, 5.41) is 11.7. The van der Waals surface area contributed by atoms with E-state index in [0.29, 0.717) is 6.04 Å². The average molecular weight is 343 g/mol. The third-order valence-corrected chi connectivity index (χ3v) is 7.35. The summed E-state index contributed by atoms with van der Waals surface area (Å²) in [6.45, 7) is 2.14. The topological polar surface area (TPSA) is 30.7 Å². The van der Waals surface area contributed by atoms with E-state index in [1.54, 1.807) is 0 Å². The fourth-order valence-corrected chi connectivity index (χ4v) is 6.57. The molecule has 4 saturated carbocycles. The number of nitrogens with zero attached hydrogens (tertiary/aromatic N) is 3. The van der Waals surface area contributed by atoms with Gasteiger partial charge in [0, 0.05) is 11.6 Å². The van der Waals surface area contributed by atoms with Crippen LogP contribution in [0.4, 0.5) is 0 Å². The Hall–Kier alpha value is -2.16. The maximum absolute atomic E-state index is 4.64. The Kier molecular flexibility index (Phi) is 3.12. The van der Waals surface area contributed by atoms with Crippen molar-refractivity contribution >= 4 is 10.8 Å². The highest BCUT2D eigenvalue weighted by molar-refractivity contribution is 5.86. The molecule has 26 heavy (non-hydrogen) atoms. The van der Waals surface area contributed by atoms with Crippen molar-refractivity contribution in [2.75, 3.05) is 0 Å². The normalized spacial score (nSPS) is 32.4. The van der Waals surface area contributed by atoms with E-state index in [1.807, 2.05) is 0 Å². The second-order valence-electron chi connectivity index (χ2n) is 8.92. The molecule has 4 aliphatic carbocycles. The number of hydrogen-bond donors (Lipinski definition) is 0. The van der Waals surface area contributed by atoms with Gasteiger partial charge in [-0.3, -0.25) is 0 Å². The van der Waals surface area contributed by atoms with Crippen molar-refractivity contribution in [1.82, 2.24) is 14.8 Å². The molecule has 7 rings (SSSR count). The maximum Gasteiger partial charge on any atom is 0.164 e. The number of rotatable bonds is 2. The van der Waals surface area contributed by atoms with E-state index in [9.17, 15) is 0 Å². The minimum atomic E-state index is 0.610. The molecule has 3 nitrogen and oxygen atoms in total. The molecule has 0 radical (unpaired) electrons. The Labute approximate surface area is 154 Å². The fourth-order valence-electron chi connectivity index (χ4n) is 6.57. The predicted octanol–water partition coefficient (Wildman–Crippen LogP) is 5.40. The van der Waals surface area contributed by atoms with Crippen molar-refractivity contribution in [3.8, 4) is 11.4 Å². The van der Waals surface area contributed by atoms with E-state index in [4.69, 9.17) is 0 Å². The summed E-state index contributed by atoms with van der Waals surface area (Å²) in [5.41, 5.74) is 1.21. The molecule has 4 aliphatic rings. The largest absolute Gasteiger partial charge is 0.308 e. The standard InChI is InChI=1S/C23H25N3/c1-14-24-25-23(19-7-6-17-4-2-3-5-18(17)13-19)26(14)22-20-9-15-8-16(11-20)12-21(22)10-15/h2-7,13,15-16,20-22H,8-12H2,1H3. The van der Waals surface area contributed by atoms with E-state index in [1.165, 1.54) is 48.4 Å². The Morgan fingerprint density at radius 1 is 0.808 bits per heavy atom. The first-order chi connectivity index (χ1) is 12.8. The lowest BCUT2D eigenvalue weighted by atomic mass is 9.54. The number of hydrogen-bond acceptors (Lipinski definition) is 2. The molecule has 0 atom stereocenters. The van der Waals surface area contributed by atoms with Gasteiger partial charge in [0.2, 0.25) is 0 Å². The van der Waals surface area contributed by atoms with E-state index >= 15 is 0 Å². The van der Waals surface area contributed by atoms with Crippen LogP contribution in [0.15, 0.2) is 42.5 Å². The van der Waals surface area contributed by atoms with Gasteiger partial charge in [-0.1, -0.05) is 36.4 Å². The van der Waals surface area contributed by atoms with Crippen LogP contribution in [0.25, 0.3) is 22.2 Å². The van der Waals surface area contributed by atoms with Gasteiger partial charge in [-0.05, 0) is 79.5 Å². The van der Waals surface area contributed by atoms with E-state index in [0.717, 1.165) is 35.3 Å². The molecule has 4 bridgehead atoms. The van der Waals surface area contributed by atoms with Crippen molar-refractivity contribution in [3.63, 3.8) is 0 Å². The number of aromatic nitrogens is 3. The van der Waals surface area contributed by atoms with E-state index in [2.05, 4.69) is 64.2 Å². The molecule has 3 aromatic rings. The first-order valence-corrected chi connectivity index (χ1v) is 10.2. The molecular formula is C23H25N3. The fraction of sp³-hybridized carbons (Fsp3) is 0.478. The predicted molar refractivity (Wildman–Crippen MR) is 104 cm³/mol. The van der Waals surface area contributed by atoms with Crippen LogP contribution in [0, 0.1) is 30.6 Å². The lowest BCUT2D eigenvalue weighted by molar-refractivity contribution is -0.0293. The number of fused-ring (bicyclic) bond motifs is 1. The molecule has 0 aliphatic heterocycles. The zero-order chi connectivity index (χ0) is 17.3. The second kappa shape index (κ2) is 5.42. The van der Waals surface area contributed by atoms with Gasteiger partial charge in [0.15, 0.2) is 5.82 Å². The van der Waals surface area contributed by atoms with Crippen LogP contribution in [0.3, 0.4) is 0 Å². The molecule has 3 heteroatoms. The minimum Gasteiger partial charge on any atom is -0.308 e. The minimum absolute atomic E-state index is 0.610. The monoisotopic (exact) mass is 343 g/mol. The van der Waals surface area contributed by atoms with Crippen LogP contribution < -0.4 is 0 Å². The first kappa shape index (κ1) is 15.0. The molecule has 0 N–H and O–H groups in total. The quantitative estimate of drug-likeness (QED) is 0.623. The van der Waals surface area contributed by atoms with Crippen molar-refractivity contribution in [1.29, 1.82) is 0 Å². The molecule has 0 amide bonds. The van der Waals surface area contributed by atoms with E-state index in [-0.39, 0.29) is 0 Å². The van der Waals surface area contributed by atoms with Gasteiger partial charge in [-0.25, -0.2) is 0 Å². The summed E-state index contributed by atoms with van der Waals surface area (Å²) in [5.74, 6) is 5.82. The SMILES string of the molecule is Cc1nnc(-c2ccc3ccccc3c2)n1C1C2CC3CC(C2)CC1C3. The Balaban J connectivity index is 1.47. The van der Waals surface area contributed by atoms with Crippen LogP contribution in [-0.2, 0) is 0 Å². The van der Waals surface area contributed by atoms with Crippen LogP contribution in [0.1, 0.15) is 44.0 Å². The molecule has 0 saturated heterocycles.